The van der Waals surface area contributed by atoms with Gasteiger partial charge in [-0.05, 0) is 37.3 Å². The number of aromatic nitrogens is 2. The Labute approximate surface area is 141 Å². The van der Waals surface area contributed by atoms with Gasteiger partial charge in [0.1, 0.15) is 18.4 Å². The van der Waals surface area contributed by atoms with Gasteiger partial charge in [0.25, 0.3) is 0 Å². The number of nitrogens with zero attached hydrogens (tertiary/aromatic N) is 2. The van der Waals surface area contributed by atoms with Crippen LogP contribution in [-0.4, -0.2) is 28.8 Å². The largest absolute Gasteiger partial charge is 0.492 e. The number of amides is 1. The van der Waals surface area contributed by atoms with Crippen LogP contribution in [0.1, 0.15) is 13.0 Å². The van der Waals surface area contributed by atoms with Crippen LogP contribution in [0, 0.1) is 0 Å². The first-order valence-electron chi connectivity index (χ1n) is 6.43. The SMILES string of the molecule is CC(C(=O)Nc1ccc(OCCN)cc1)n1cccn1.Cl.Cl. The Hall–Kier alpha value is -1.76. The van der Waals surface area contributed by atoms with E-state index >= 15 is 0 Å². The smallest absolute Gasteiger partial charge is 0.248 e. The first-order valence-corrected chi connectivity index (χ1v) is 6.43. The molecule has 8 heteroatoms. The first-order chi connectivity index (χ1) is 9.70. The van der Waals surface area contributed by atoms with Gasteiger partial charge in [-0.2, -0.15) is 5.10 Å². The summed E-state index contributed by atoms with van der Waals surface area (Å²) in [7, 11) is 0. The van der Waals surface area contributed by atoms with Crippen molar-refractivity contribution in [2.75, 3.05) is 18.5 Å². The van der Waals surface area contributed by atoms with E-state index in [0.717, 1.165) is 5.75 Å². The molecule has 2 rings (SSSR count). The number of nitrogens with two attached hydrogens (primary N) is 1. The van der Waals surface area contributed by atoms with Crippen molar-refractivity contribution in [1.29, 1.82) is 0 Å². The number of anilines is 1. The summed E-state index contributed by atoms with van der Waals surface area (Å²) < 4.78 is 6.97. The summed E-state index contributed by atoms with van der Waals surface area (Å²) >= 11 is 0. The molecule has 2 aromatic rings. The van der Waals surface area contributed by atoms with Crippen LogP contribution >= 0.6 is 24.8 Å². The number of nitrogens with one attached hydrogen (secondary N) is 1. The highest BCUT2D eigenvalue weighted by Gasteiger charge is 2.14. The third-order valence-electron chi connectivity index (χ3n) is 2.81. The van der Waals surface area contributed by atoms with E-state index in [9.17, 15) is 4.79 Å². The van der Waals surface area contributed by atoms with E-state index in [1.807, 2.05) is 0 Å². The maximum atomic E-state index is 12.0. The van der Waals surface area contributed by atoms with Crippen molar-refractivity contribution in [2.45, 2.75) is 13.0 Å². The summed E-state index contributed by atoms with van der Waals surface area (Å²) in [6, 6.07) is 8.60. The fraction of sp³-hybridized carbons (Fsp3) is 0.286. The molecule has 0 spiro atoms. The predicted octanol–water partition coefficient (Wildman–Crippen LogP) is 2.26. The lowest BCUT2D eigenvalue weighted by molar-refractivity contribution is -0.119. The normalized spacial score (nSPS) is 10.8. The Balaban J connectivity index is 0.00000220. The van der Waals surface area contributed by atoms with Crippen LogP contribution in [0.3, 0.4) is 0 Å². The number of carbonyl (C=O) groups excluding carboxylic acids is 1. The number of ether oxygens (including phenoxy) is 1. The van der Waals surface area contributed by atoms with Crippen LogP contribution < -0.4 is 15.8 Å². The highest BCUT2D eigenvalue weighted by atomic mass is 35.5. The molecule has 1 atom stereocenters. The minimum atomic E-state index is -0.363. The molecule has 122 valence electrons. The molecule has 3 N–H and O–H groups in total. The summed E-state index contributed by atoms with van der Waals surface area (Å²) in [5, 5.41) is 6.88. The first kappa shape index (κ1) is 20.2. The highest BCUT2D eigenvalue weighted by Crippen LogP contribution is 2.17. The van der Waals surface area contributed by atoms with Gasteiger partial charge in [0.15, 0.2) is 0 Å². The van der Waals surface area contributed by atoms with Crippen molar-refractivity contribution in [2.24, 2.45) is 5.73 Å². The zero-order chi connectivity index (χ0) is 14.4. The maximum absolute atomic E-state index is 12.0. The number of halogens is 2. The Morgan fingerprint density at radius 2 is 2.05 bits per heavy atom. The lowest BCUT2D eigenvalue weighted by atomic mass is 10.2. The Bertz CT molecular complexity index is 546. The second-order valence-electron chi connectivity index (χ2n) is 4.31. The van der Waals surface area contributed by atoms with Crippen LogP contribution in [0.15, 0.2) is 42.7 Å². The number of hydrogen-bond acceptors (Lipinski definition) is 4. The zero-order valence-electron chi connectivity index (χ0n) is 12.1. The molecule has 6 nitrogen and oxygen atoms in total. The fourth-order valence-electron chi connectivity index (χ4n) is 1.69. The van der Waals surface area contributed by atoms with Crippen molar-refractivity contribution in [3.63, 3.8) is 0 Å². The van der Waals surface area contributed by atoms with Crippen molar-refractivity contribution < 1.29 is 9.53 Å². The van der Waals surface area contributed by atoms with E-state index in [0.29, 0.717) is 18.8 Å². The van der Waals surface area contributed by atoms with Crippen LogP contribution in [0.2, 0.25) is 0 Å². The lowest BCUT2D eigenvalue weighted by Crippen LogP contribution is -2.23. The molecule has 1 aromatic heterocycles. The molecule has 0 saturated carbocycles. The summed E-state index contributed by atoms with van der Waals surface area (Å²) in [4.78, 5) is 12.0. The second kappa shape index (κ2) is 10.0. The molecule has 0 aliphatic rings. The summed E-state index contributed by atoms with van der Waals surface area (Å²) in [5.74, 6) is 0.609. The monoisotopic (exact) mass is 346 g/mol. The standard InChI is InChI=1S/C14H18N4O2.2ClH/c1-11(18-9-2-8-16-18)14(19)17-12-3-5-13(6-4-12)20-10-7-15;;/h2-6,8-9,11H,7,10,15H2,1H3,(H,17,19);2*1H. The molecule has 1 aromatic carbocycles. The van der Waals surface area contributed by atoms with E-state index in [4.69, 9.17) is 10.5 Å². The van der Waals surface area contributed by atoms with Crippen LogP contribution in [0.4, 0.5) is 5.69 Å². The van der Waals surface area contributed by atoms with Gasteiger partial charge in [0.2, 0.25) is 5.91 Å². The number of rotatable bonds is 6. The lowest BCUT2D eigenvalue weighted by Gasteiger charge is -2.13. The molecule has 22 heavy (non-hydrogen) atoms. The van der Waals surface area contributed by atoms with Gasteiger partial charge in [0.05, 0.1) is 0 Å². The molecular weight excluding hydrogens is 327 g/mol. The minimum Gasteiger partial charge on any atom is -0.492 e. The van der Waals surface area contributed by atoms with E-state index in [-0.39, 0.29) is 36.8 Å². The van der Waals surface area contributed by atoms with Crippen molar-refractivity contribution in [3.05, 3.63) is 42.7 Å². The predicted molar refractivity (Wildman–Crippen MR) is 91.1 cm³/mol. The molecule has 1 unspecified atom stereocenters. The molecule has 0 radical (unpaired) electrons. The molecule has 0 aliphatic carbocycles. The van der Waals surface area contributed by atoms with E-state index < -0.39 is 0 Å². The maximum Gasteiger partial charge on any atom is 0.248 e. The third-order valence-corrected chi connectivity index (χ3v) is 2.81. The Kier molecular flexibility index (Phi) is 9.24. The van der Waals surface area contributed by atoms with Gasteiger partial charge >= 0.3 is 0 Å². The number of carbonyl (C=O) groups is 1. The molecule has 1 amide bonds. The average molecular weight is 347 g/mol. The van der Waals surface area contributed by atoms with Crippen molar-refractivity contribution >= 4 is 36.4 Å². The van der Waals surface area contributed by atoms with Crippen molar-refractivity contribution in [3.8, 4) is 5.75 Å². The van der Waals surface area contributed by atoms with Crippen LogP contribution in [-0.2, 0) is 4.79 Å². The molecule has 1 heterocycles. The van der Waals surface area contributed by atoms with Gasteiger partial charge < -0.3 is 15.8 Å². The fourth-order valence-corrected chi connectivity index (χ4v) is 1.69. The van der Waals surface area contributed by atoms with Crippen LogP contribution in [0.25, 0.3) is 0 Å². The molecule has 0 bridgehead atoms. The quantitative estimate of drug-likeness (QED) is 0.840. The Morgan fingerprint density at radius 1 is 1.36 bits per heavy atom. The molecule has 0 fully saturated rings. The summed E-state index contributed by atoms with van der Waals surface area (Å²) in [5.41, 5.74) is 6.08. The van der Waals surface area contributed by atoms with Gasteiger partial charge in [0, 0.05) is 24.6 Å². The topological polar surface area (TPSA) is 82.2 Å². The van der Waals surface area contributed by atoms with Gasteiger partial charge in [-0.1, -0.05) is 0 Å². The molecule has 0 saturated heterocycles. The third kappa shape index (κ3) is 5.55. The number of benzene rings is 1. The summed E-state index contributed by atoms with van der Waals surface area (Å²) in [6.07, 6.45) is 3.40. The van der Waals surface area contributed by atoms with E-state index in [2.05, 4.69) is 10.4 Å². The Morgan fingerprint density at radius 3 is 2.59 bits per heavy atom. The van der Waals surface area contributed by atoms with E-state index in [1.54, 1.807) is 54.3 Å². The highest BCUT2D eigenvalue weighted by molar-refractivity contribution is 5.93. The van der Waals surface area contributed by atoms with E-state index in [1.165, 1.54) is 0 Å². The van der Waals surface area contributed by atoms with Gasteiger partial charge in [-0.25, -0.2) is 0 Å². The zero-order valence-corrected chi connectivity index (χ0v) is 13.8. The van der Waals surface area contributed by atoms with Gasteiger partial charge in [-0.3, -0.25) is 9.48 Å². The second-order valence-corrected chi connectivity index (χ2v) is 4.31. The minimum absolute atomic E-state index is 0. The van der Waals surface area contributed by atoms with Crippen LogP contribution in [0.5, 0.6) is 5.75 Å². The molecular formula is C14H20Cl2N4O2. The van der Waals surface area contributed by atoms with Crippen molar-refractivity contribution in [1.82, 2.24) is 9.78 Å². The number of hydrogen-bond donors (Lipinski definition) is 2. The average Bonchev–Trinajstić information content (AvgIpc) is 3.00. The summed E-state index contributed by atoms with van der Waals surface area (Å²) in [6.45, 7) is 2.74. The molecule has 0 aliphatic heterocycles. The van der Waals surface area contributed by atoms with Gasteiger partial charge in [-0.15, -0.1) is 24.8 Å².